The SMILES string of the molecule is C[C@]12C[C@H](c3ccc(/C=N/O)cc3)C3=C4CCC(=O)C(Br)=C4CCC3C1CC[C@@]2(O)CF. The summed E-state index contributed by atoms with van der Waals surface area (Å²) >= 11 is 3.58. The number of allylic oxidation sites excluding steroid dienone is 4. The minimum Gasteiger partial charge on any atom is -0.411 e. The van der Waals surface area contributed by atoms with E-state index in [2.05, 4.69) is 40.1 Å². The van der Waals surface area contributed by atoms with Gasteiger partial charge in [0.15, 0.2) is 5.78 Å². The molecular formula is C26H29BrFNO3. The molecule has 5 rings (SSSR count). The molecule has 1 aromatic carbocycles. The number of fused-ring (bicyclic) bond motifs is 4. The van der Waals surface area contributed by atoms with E-state index in [1.54, 1.807) is 0 Å². The topological polar surface area (TPSA) is 69.9 Å². The molecule has 2 unspecified atom stereocenters. The molecule has 2 fully saturated rings. The van der Waals surface area contributed by atoms with Gasteiger partial charge in [0.05, 0.1) is 16.3 Å². The van der Waals surface area contributed by atoms with E-state index in [4.69, 9.17) is 5.21 Å². The summed E-state index contributed by atoms with van der Waals surface area (Å²) in [6.07, 6.45) is 6.52. The Bertz CT molecular complexity index is 1050. The van der Waals surface area contributed by atoms with Crippen LogP contribution in [0.3, 0.4) is 0 Å². The van der Waals surface area contributed by atoms with Gasteiger partial charge in [0.25, 0.3) is 0 Å². The number of oxime groups is 1. The first kappa shape index (κ1) is 22.0. The van der Waals surface area contributed by atoms with E-state index in [0.717, 1.165) is 46.9 Å². The van der Waals surface area contributed by atoms with Crippen molar-refractivity contribution in [3.05, 3.63) is 56.6 Å². The fourth-order valence-electron chi connectivity index (χ4n) is 7.21. The second-order valence-corrected chi connectivity index (χ2v) is 11.0. The molecule has 0 heterocycles. The van der Waals surface area contributed by atoms with Gasteiger partial charge in [-0.1, -0.05) is 41.9 Å². The van der Waals surface area contributed by atoms with Gasteiger partial charge in [-0.25, -0.2) is 4.39 Å². The van der Waals surface area contributed by atoms with Gasteiger partial charge in [-0.15, -0.1) is 0 Å². The van der Waals surface area contributed by atoms with Crippen molar-refractivity contribution in [2.24, 2.45) is 22.4 Å². The zero-order valence-corrected chi connectivity index (χ0v) is 19.9. The van der Waals surface area contributed by atoms with Crippen LogP contribution in [0.2, 0.25) is 0 Å². The Morgan fingerprint density at radius 1 is 1.19 bits per heavy atom. The van der Waals surface area contributed by atoms with Crippen LogP contribution in [0.1, 0.15) is 68.9 Å². The van der Waals surface area contributed by atoms with Gasteiger partial charge >= 0.3 is 0 Å². The molecule has 0 amide bonds. The summed E-state index contributed by atoms with van der Waals surface area (Å²) in [6.45, 7) is 1.39. The summed E-state index contributed by atoms with van der Waals surface area (Å²) in [5, 5.41) is 23.3. The summed E-state index contributed by atoms with van der Waals surface area (Å²) in [6, 6.07) is 7.97. The number of carbonyl (C=O) groups excluding carboxylic acids is 1. The van der Waals surface area contributed by atoms with Crippen molar-refractivity contribution in [3.63, 3.8) is 0 Å². The molecule has 0 bridgehead atoms. The number of ketones is 1. The number of hydrogen-bond donors (Lipinski definition) is 2. The van der Waals surface area contributed by atoms with Crippen molar-refractivity contribution in [1.82, 2.24) is 0 Å². The molecular weight excluding hydrogens is 473 g/mol. The summed E-state index contributed by atoms with van der Waals surface area (Å²) in [7, 11) is 0. The number of Topliss-reactive ketones (excluding diaryl/α,β-unsaturated/α-hetero) is 1. The van der Waals surface area contributed by atoms with E-state index in [1.807, 2.05) is 12.1 Å². The minimum atomic E-state index is -1.28. The molecule has 4 nitrogen and oxygen atoms in total. The molecule has 4 aliphatic carbocycles. The number of nitrogens with zero attached hydrogens (tertiary/aromatic N) is 1. The largest absolute Gasteiger partial charge is 0.411 e. The van der Waals surface area contributed by atoms with Gasteiger partial charge in [-0.2, -0.15) is 0 Å². The number of rotatable bonds is 3. The van der Waals surface area contributed by atoms with Crippen LogP contribution < -0.4 is 0 Å². The Morgan fingerprint density at radius 2 is 1.94 bits per heavy atom. The molecule has 0 saturated heterocycles. The number of benzene rings is 1. The molecule has 1 aromatic rings. The zero-order valence-electron chi connectivity index (χ0n) is 18.3. The highest BCUT2D eigenvalue weighted by Gasteiger charge is 2.63. The average Bonchev–Trinajstić information content (AvgIpc) is 3.07. The molecule has 170 valence electrons. The van der Waals surface area contributed by atoms with Gasteiger partial charge in [0.1, 0.15) is 6.67 Å². The Hall–Kier alpha value is -1.79. The molecule has 6 heteroatoms. The van der Waals surface area contributed by atoms with Crippen LogP contribution in [-0.4, -0.2) is 34.6 Å². The lowest BCUT2D eigenvalue weighted by Crippen LogP contribution is -2.52. The fraction of sp³-hybridized carbons (Fsp3) is 0.538. The molecule has 0 radical (unpaired) electrons. The molecule has 5 atom stereocenters. The van der Waals surface area contributed by atoms with Gasteiger partial charge < -0.3 is 10.3 Å². The van der Waals surface area contributed by atoms with E-state index in [9.17, 15) is 14.3 Å². The molecule has 0 spiro atoms. The van der Waals surface area contributed by atoms with Crippen molar-refractivity contribution < 1.29 is 19.5 Å². The van der Waals surface area contributed by atoms with Crippen LogP contribution in [0.15, 0.2) is 50.6 Å². The molecule has 32 heavy (non-hydrogen) atoms. The second-order valence-electron chi connectivity index (χ2n) is 10.2. The van der Waals surface area contributed by atoms with Gasteiger partial charge in [0.2, 0.25) is 0 Å². The van der Waals surface area contributed by atoms with Crippen molar-refractivity contribution in [2.75, 3.05) is 6.67 Å². The first-order chi connectivity index (χ1) is 15.3. The zero-order chi connectivity index (χ0) is 22.7. The van der Waals surface area contributed by atoms with Crippen molar-refractivity contribution in [1.29, 1.82) is 0 Å². The molecule has 2 saturated carbocycles. The van der Waals surface area contributed by atoms with Crippen LogP contribution >= 0.6 is 15.9 Å². The van der Waals surface area contributed by atoms with Gasteiger partial charge in [-0.05, 0) is 88.6 Å². The third-order valence-electron chi connectivity index (χ3n) is 8.94. The summed E-state index contributed by atoms with van der Waals surface area (Å²) in [4.78, 5) is 12.4. The number of aliphatic hydroxyl groups is 1. The minimum absolute atomic E-state index is 0.0661. The maximum absolute atomic E-state index is 14.2. The number of halogens is 2. The van der Waals surface area contributed by atoms with Crippen LogP contribution in [0.4, 0.5) is 4.39 Å². The third-order valence-corrected chi connectivity index (χ3v) is 9.86. The van der Waals surface area contributed by atoms with Crippen LogP contribution in [0, 0.1) is 17.3 Å². The first-order valence-corrected chi connectivity index (χ1v) is 12.3. The second kappa shape index (κ2) is 7.91. The van der Waals surface area contributed by atoms with E-state index in [-0.39, 0.29) is 17.6 Å². The quantitative estimate of drug-likeness (QED) is 0.311. The Balaban J connectivity index is 1.68. The maximum Gasteiger partial charge on any atom is 0.170 e. The predicted octanol–water partition coefficient (Wildman–Crippen LogP) is 5.82. The Morgan fingerprint density at radius 3 is 2.62 bits per heavy atom. The highest BCUT2D eigenvalue weighted by molar-refractivity contribution is 9.12. The van der Waals surface area contributed by atoms with Crippen molar-refractivity contribution >= 4 is 27.9 Å². The van der Waals surface area contributed by atoms with E-state index < -0.39 is 17.7 Å². The lowest BCUT2D eigenvalue weighted by Gasteiger charge is -2.54. The molecule has 0 aromatic heterocycles. The predicted molar refractivity (Wildman–Crippen MR) is 125 cm³/mol. The monoisotopic (exact) mass is 501 g/mol. The highest BCUT2D eigenvalue weighted by Crippen LogP contribution is 2.67. The third kappa shape index (κ3) is 3.09. The number of alkyl halides is 1. The smallest absolute Gasteiger partial charge is 0.170 e. The average molecular weight is 502 g/mol. The van der Waals surface area contributed by atoms with Crippen LogP contribution in [0.25, 0.3) is 0 Å². The van der Waals surface area contributed by atoms with Gasteiger partial charge in [0, 0.05) is 17.8 Å². The highest BCUT2D eigenvalue weighted by atomic mass is 79.9. The van der Waals surface area contributed by atoms with Crippen LogP contribution in [-0.2, 0) is 4.79 Å². The van der Waals surface area contributed by atoms with E-state index >= 15 is 0 Å². The van der Waals surface area contributed by atoms with E-state index in [0.29, 0.717) is 25.2 Å². The molecule has 2 N–H and O–H groups in total. The normalized spacial score (nSPS) is 37.0. The first-order valence-electron chi connectivity index (χ1n) is 11.5. The summed E-state index contributed by atoms with van der Waals surface area (Å²) < 4.78 is 14.9. The standard InChI is InChI=1S/C26H29BrFNO3/c1-25-12-20(16-4-2-15(3-5-16)13-29-32)23-17-8-9-22(30)24(27)18(17)6-7-19(23)21(25)10-11-26(25,31)14-28/h2-5,13,19-21,31-32H,6-12,14H2,1H3/b29-13+/t19?,20-,21?,25+,26-/m1/s1. The van der Waals surface area contributed by atoms with Gasteiger partial charge in [-0.3, -0.25) is 4.79 Å². The molecule has 4 aliphatic rings. The fourth-order valence-corrected chi connectivity index (χ4v) is 7.84. The number of carbonyl (C=O) groups is 1. The lowest BCUT2D eigenvalue weighted by atomic mass is 9.51. The Kier molecular flexibility index (Phi) is 5.44. The molecule has 0 aliphatic heterocycles. The summed E-state index contributed by atoms with van der Waals surface area (Å²) in [5.74, 6) is 0.794. The van der Waals surface area contributed by atoms with Crippen LogP contribution in [0.5, 0.6) is 0 Å². The lowest BCUT2D eigenvalue weighted by molar-refractivity contribution is -0.115. The van der Waals surface area contributed by atoms with Crippen molar-refractivity contribution in [3.8, 4) is 0 Å². The maximum atomic E-state index is 14.2. The number of hydrogen-bond acceptors (Lipinski definition) is 4. The van der Waals surface area contributed by atoms with Crippen molar-refractivity contribution in [2.45, 2.75) is 63.4 Å². The summed E-state index contributed by atoms with van der Waals surface area (Å²) in [5.41, 5.74) is 4.05. The van der Waals surface area contributed by atoms with E-state index in [1.165, 1.54) is 17.4 Å². The Labute approximate surface area is 196 Å².